The van der Waals surface area contributed by atoms with Crippen molar-refractivity contribution in [2.75, 3.05) is 20.2 Å². The monoisotopic (exact) mass is 352 g/mol. The van der Waals surface area contributed by atoms with Gasteiger partial charge < -0.3 is 14.2 Å². The molecule has 1 atom stereocenters. The van der Waals surface area contributed by atoms with Crippen LogP contribution in [0.5, 0.6) is 5.75 Å². The maximum atomic E-state index is 13.1. The predicted octanol–water partition coefficient (Wildman–Crippen LogP) is 3.09. The average molecular weight is 352 g/mol. The van der Waals surface area contributed by atoms with Crippen molar-refractivity contribution in [1.29, 1.82) is 0 Å². The number of rotatable bonds is 3. The summed E-state index contributed by atoms with van der Waals surface area (Å²) in [5.74, 6) is 0.871. The minimum absolute atomic E-state index is 0.0756. The lowest BCUT2D eigenvalue weighted by Crippen LogP contribution is -2.30. The van der Waals surface area contributed by atoms with Crippen LogP contribution in [0.15, 0.2) is 30.3 Å². The van der Waals surface area contributed by atoms with Gasteiger partial charge in [0, 0.05) is 37.3 Å². The minimum atomic E-state index is 0.0756. The van der Waals surface area contributed by atoms with Crippen molar-refractivity contribution in [3.8, 4) is 5.75 Å². The highest BCUT2D eigenvalue weighted by molar-refractivity contribution is 5.99. The third-order valence-electron chi connectivity index (χ3n) is 5.31. The summed E-state index contributed by atoms with van der Waals surface area (Å²) in [7, 11) is 3.59. The van der Waals surface area contributed by atoms with Gasteiger partial charge in [0.25, 0.3) is 5.91 Å². The third kappa shape index (κ3) is 2.66. The Hall–Kier alpha value is -2.76. The molecule has 0 spiro atoms. The largest absolute Gasteiger partial charge is 0.497 e. The van der Waals surface area contributed by atoms with Crippen molar-refractivity contribution in [2.24, 2.45) is 7.05 Å². The highest BCUT2D eigenvalue weighted by Gasteiger charge is 2.30. The van der Waals surface area contributed by atoms with Gasteiger partial charge in [-0.2, -0.15) is 5.10 Å². The van der Waals surface area contributed by atoms with E-state index < -0.39 is 0 Å². The molecule has 1 aliphatic rings. The molecule has 6 heteroatoms. The SMILES string of the molecule is COc1ccc2cc(C(=O)N3CCC(n4nc(C)cc4C)C3)n(C)c2c1. The van der Waals surface area contributed by atoms with Crippen LogP contribution in [0.25, 0.3) is 10.9 Å². The molecule has 1 amide bonds. The van der Waals surface area contributed by atoms with Gasteiger partial charge in [-0.1, -0.05) is 0 Å². The molecule has 0 N–H and O–H groups in total. The summed E-state index contributed by atoms with van der Waals surface area (Å²) < 4.78 is 9.32. The second kappa shape index (κ2) is 6.20. The van der Waals surface area contributed by atoms with Crippen molar-refractivity contribution in [1.82, 2.24) is 19.2 Å². The van der Waals surface area contributed by atoms with Gasteiger partial charge in [-0.25, -0.2) is 0 Å². The summed E-state index contributed by atoms with van der Waals surface area (Å²) in [5, 5.41) is 5.64. The first-order valence-electron chi connectivity index (χ1n) is 8.93. The molecular weight excluding hydrogens is 328 g/mol. The fourth-order valence-electron chi connectivity index (χ4n) is 3.95. The van der Waals surface area contributed by atoms with E-state index in [2.05, 4.69) is 22.8 Å². The number of ether oxygens (including phenoxy) is 1. The Kier molecular flexibility index (Phi) is 3.98. The van der Waals surface area contributed by atoms with Crippen LogP contribution in [-0.2, 0) is 7.05 Å². The fraction of sp³-hybridized carbons (Fsp3) is 0.400. The number of aromatic nitrogens is 3. The number of carbonyl (C=O) groups is 1. The van der Waals surface area contributed by atoms with Gasteiger partial charge in [0.2, 0.25) is 0 Å². The van der Waals surface area contributed by atoms with E-state index in [0.29, 0.717) is 12.2 Å². The van der Waals surface area contributed by atoms with Gasteiger partial charge in [0.05, 0.1) is 24.4 Å². The van der Waals surface area contributed by atoms with E-state index in [1.165, 1.54) is 0 Å². The molecule has 1 fully saturated rings. The predicted molar refractivity (Wildman–Crippen MR) is 101 cm³/mol. The van der Waals surface area contributed by atoms with E-state index in [4.69, 9.17) is 4.74 Å². The van der Waals surface area contributed by atoms with E-state index in [9.17, 15) is 4.79 Å². The number of aryl methyl sites for hydroxylation is 3. The number of amides is 1. The van der Waals surface area contributed by atoms with Gasteiger partial charge >= 0.3 is 0 Å². The molecule has 0 saturated carbocycles. The zero-order valence-electron chi connectivity index (χ0n) is 15.7. The van der Waals surface area contributed by atoms with Crippen LogP contribution in [0.1, 0.15) is 34.3 Å². The molecule has 26 heavy (non-hydrogen) atoms. The van der Waals surface area contributed by atoms with E-state index in [1.807, 2.05) is 47.7 Å². The number of fused-ring (bicyclic) bond motifs is 1. The highest BCUT2D eigenvalue weighted by atomic mass is 16.5. The van der Waals surface area contributed by atoms with E-state index in [-0.39, 0.29) is 11.9 Å². The minimum Gasteiger partial charge on any atom is -0.497 e. The van der Waals surface area contributed by atoms with Crippen molar-refractivity contribution < 1.29 is 9.53 Å². The molecule has 6 nitrogen and oxygen atoms in total. The van der Waals surface area contributed by atoms with Crippen molar-refractivity contribution in [2.45, 2.75) is 26.3 Å². The second-order valence-corrected chi connectivity index (χ2v) is 7.08. The molecule has 1 aromatic carbocycles. The van der Waals surface area contributed by atoms with E-state index >= 15 is 0 Å². The first-order chi connectivity index (χ1) is 12.5. The lowest BCUT2D eigenvalue weighted by atomic mass is 10.2. The zero-order valence-corrected chi connectivity index (χ0v) is 15.7. The quantitative estimate of drug-likeness (QED) is 0.728. The zero-order chi connectivity index (χ0) is 18.4. The maximum absolute atomic E-state index is 13.1. The molecule has 3 heterocycles. The Morgan fingerprint density at radius 2 is 2.04 bits per heavy atom. The topological polar surface area (TPSA) is 52.3 Å². The van der Waals surface area contributed by atoms with Crippen LogP contribution in [0.4, 0.5) is 0 Å². The Morgan fingerprint density at radius 1 is 1.23 bits per heavy atom. The number of hydrogen-bond acceptors (Lipinski definition) is 3. The molecule has 136 valence electrons. The van der Waals surface area contributed by atoms with Crippen LogP contribution in [0.3, 0.4) is 0 Å². The Labute approximate surface area is 153 Å². The Bertz CT molecular complexity index is 985. The summed E-state index contributed by atoms with van der Waals surface area (Å²) in [5.41, 5.74) is 3.89. The number of methoxy groups -OCH3 is 1. The first kappa shape index (κ1) is 16.7. The standard InChI is InChI=1S/C20H24N4O2/c1-13-9-14(2)24(21-13)16-7-8-23(12-16)20(25)19-10-15-5-6-17(26-4)11-18(15)22(19)3/h5-6,9-11,16H,7-8,12H2,1-4H3. The van der Waals surface area contributed by atoms with E-state index in [1.54, 1.807) is 7.11 Å². The van der Waals surface area contributed by atoms with Crippen LogP contribution in [0.2, 0.25) is 0 Å². The number of carbonyl (C=O) groups excluding carboxylic acids is 1. The number of benzene rings is 1. The van der Waals surface area contributed by atoms with E-state index in [0.717, 1.165) is 41.0 Å². The normalized spacial score (nSPS) is 17.2. The number of nitrogens with zero attached hydrogens (tertiary/aromatic N) is 4. The van der Waals surface area contributed by atoms with Crippen LogP contribution < -0.4 is 4.74 Å². The second-order valence-electron chi connectivity index (χ2n) is 7.08. The van der Waals surface area contributed by atoms with Crippen LogP contribution in [-0.4, -0.2) is 45.4 Å². The van der Waals surface area contributed by atoms with Crippen LogP contribution in [0, 0.1) is 13.8 Å². The van der Waals surface area contributed by atoms with Gasteiger partial charge in [0.1, 0.15) is 11.4 Å². The summed E-state index contributed by atoms with van der Waals surface area (Å²) in [6, 6.07) is 10.2. The molecule has 0 bridgehead atoms. The molecule has 2 aromatic heterocycles. The summed E-state index contributed by atoms with van der Waals surface area (Å²) in [6.45, 7) is 5.53. The average Bonchev–Trinajstić information content (AvgIpc) is 3.32. The molecule has 1 aliphatic heterocycles. The fourth-order valence-corrected chi connectivity index (χ4v) is 3.95. The first-order valence-corrected chi connectivity index (χ1v) is 8.93. The highest BCUT2D eigenvalue weighted by Crippen LogP contribution is 2.28. The van der Waals surface area contributed by atoms with Crippen molar-refractivity contribution >= 4 is 16.8 Å². The number of hydrogen-bond donors (Lipinski definition) is 0. The van der Waals surface area contributed by atoms with Gasteiger partial charge in [0.15, 0.2) is 0 Å². The molecule has 3 aromatic rings. The van der Waals surface area contributed by atoms with Gasteiger partial charge in [-0.05, 0) is 44.5 Å². The third-order valence-corrected chi connectivity index (χ3v) is 5.31. The van der Waals surface area contributed by atoms with Crippen molar-refractivity contribution in [3.05, 3.63) is 47.4 Å². The van der Waals surface area contributed by atoms with Gasteiger partial charge in [-0.15, -0.1) is 0 Å². The molecule has 0 radical (unpaired) electrons. The summed E-state index contributed by atoms with van der Waals surface area (Å²) in [6.07, 6.45) is 0.936. The van der Waals surface area contributed by atoms with Crippen LogP contribution >= 0.6 is 0 Å². The molecule has 1 saturated heterocycles. The molecule has 1 unspecified atom stereocenters. The summed E-state index contributed by atoms with van der Waals surface area (Å²) in [4.78, 5) is 15.0. The van der Waals surface area contributed by atoms with Gasteiger partial charge in [-0.3, -0.25) is 9.48 Å². The maximum Gasteiger partial charge on any atom is 0.270 e. The molecule has 0 aliphatic carbocycles. The molecular formula is C20H24N4O2. The van der Waals surface area contributed by atoms with Crippen molar-refractivity contribution in [3.63, 3.8) is 0 Å². The summed E-state index contributed by atoms with van der Waals surface area (Å²) >= 11 is 0. The number of likely N-dealkylation sites (tertiary alicyclic amines) is 1. The smallest absolute Gasteiger partial charge is 0.270 e. The Morgan fingerprint density at radius 3 is 2.73 bits per heavy atom. The lowest BCUT2D eigenvalue weighted by Gasteiger charge is -2.18. The Balaban J connectivity index is 1.59. The molecule has 4 rings (SSSR count). The lowest BCUT2D eigenvalue weighted by molar-refractivity contribution is 0.0778.